The highest BCUT2D eigenvalue weighted by atomic mass is 16.5. The Labute approximate surface area is 124 Å². The zero-order chi connectivity index (χ0) is 14.9. The van der Waals surface area contributed by atoms with Crippen molar-refractivity contribution in [3.05, 3.63) is 54.0 Å². The zero-order valence-corrected chi connectivity index (χ0v) is 12.1. The monoisotopic (exact) mass is 288 g/mol. The second-order valence-electron chi connectivity index (χ2n) is 4.49. The Morgan fingerprint density at radius 1 is 1.19 bits per heavy atom. The van der Waals surface area contributed by atoms with Crippen LogP contribution in [0.15, 0.2) is 47.1 Å². The zero-order valence-electron chi connectivity index (χ0n) is 12.1. The molecule has 2 rings (SSSR count). The Morgan fingerprint density at radius 2 is 2.00 bits per heavy atom. The summed E-state index contributed by atoms with van der Waals surface area (Å²) in [5, 5.41) is 5.95. The number of amides is 1. The molecule has 1 aromatic heterocycles. The standard InChI is InChI=1S/C16H20N2O3/c1-2-17-9-10-18-16(19)15-13(8-11-20-15)12-21-14-6-4-3-5-7-14/h3-8,11,17H,2,9-10,12H2,1H3,(H,18,19). The van der Waals surface area contributed by atoms with Crippen molar-refractivity contribution < 1.29 is 13.9 Å². The summed E-state index contributed by atoms with van der Waals surface area (Å²) in [6.07, 6.45) is 1.50. The van der Waals surface area contributed by atoms with E-state index in [1.54, 1.807) is 6.07 Å². The molecule has 0 aliphatic rings. The maximum absolute atomic E-state index is 12.0. The summed E-state index contributed by atoms with van der Waals surface area (Å²) in [4.78, 5) is 12.0. The molecule has 112 valence electrons. The van der Waals surface area contributed by atoms with E-state index in [9.17, 15) is 4.79 Å². The summed E-state index contributed by atoms with van der Waals surface area (Å²) in [5.41, 5.74) is 0.736. The summed E-state index contributed by atoms with van der Waals surface area (Å²) in [6, 6.07) is 11.2. The average molecular weight is 288 g/mol. The lowest BCUT2D eigenvalue weighted by atomic mass is 10.2. The molecule has 5 nitrogen and oxygen atoms in total. The van der Waals surface area contributed by atoms with Gasteiger partial charge in [-0.2, -0.15) is 0 Å². The number of carbonyl (C=O) groups is 1. The van der Waals surface area contributed by atoms with Gasteiger partial charge in [-0.3, -0.25) is 4.79 Å². The van der Waals surface area contributed by atoms with Gasteiger partial charge in [-0.05, 0) is 24.7 Å². The normalized spacial score (nSPS) is 10.3. The summed E-state index contributed by atoms with van der Waals surface area (Å²) < 4.78 is 10.9. The van der Waals surface area contributed by atoms with Crippen molar-refractivity contribution in [1.82, 2.24) is 10.6 Å². The summed E-state index contributed by atoms with van der Waals surface area (Å²) in [7, 11) is 0. The lowest BCUT2D eigenvalue weighted by Gasteiger charge is -2.07. The molecule has 0 spiro atoms. The molecule has 0 radical (unpaired) electrons. The second-order valence-corrected chi connectivity index (χ2v) is 4.49. The van der Waals surface area contributed by atoms with Gasteiger partial charge in [0.1, 0.15) is 12.4 Å². The minimum atomic E-state index is -0.218. The van der Waals surface area contributed by atoms with Crippen LogP contribution in [0.25, 0.3) is 0 Å². The first-order valence-electron chi connectivity index (χ1n) is 7.04. The maximum Gasteiger partial charge on any atom is 0.287 e. The molecule has 21 heavy (non-hydrogen) atoms. The van der Waals surface area contributed by atoms with E-state index < -0.39 is 0 Å². The van der Waals surface area contributed by atoms with E-state index in [-0.39, 0.29) is 5.91 Å². The molecule has 1 heterocycles. The van der Waals surface area contributed by atoms with Gasteiger partial charge in [0.2, 0.25) is 0 Å². The summed E-state index contributed by atoms with van der Waals surface area (Å²) in [5.74, 6) is 0.851. The number of carbonyl (C=O) groups excluding carboxylic acids is 1. The fourth-order valence-electron chi connectivity index (χ4n) is 1.85. The molecule has 0 aliphatic carbocycles. The van der Waals surface area contributed by atoms with Crippen LogP contribution in [-0.4, -0.2) is 25.5 Å². The summed E-state index contributed by atoms with van der Waals surface area (Å²) >= 11 is 0. The van der Waals surface area contributed by atoms with Crippen molar-refractivity contribution in [2.75, 3.05) is 19.6 Å². The first-order chi connectivity index (χ1) is 10.3. The lowest BCUT2D eigenvalue weighted by Crippen LogP contribution is -2.32. The van der Waals surface area contributed by atoms with Crippen LogP contribution >= 0.6 is 0 Å². The van der Waals surface area contributed by atoms with Crippen LogP contribution in [-0.2, 0) is 6.61 Å². The predicted octanol–water partition coefficient (Wildman–Crippen LogP) is 2.20. The smallest absolute Gasteiger partial charge is 0.287 e. The molecule has 0 atom stereocenters. The highest BCUT2D eigenvalue weighted by molar-refractivity contribution is 5.92. The van der Waals surface area contributed by atoms with Gasteiger partial charge < -0.3 is 19.8 Å². The lowest BCUT2D eigenvalue weighted by molar-refractivity contribution is 0.0923. The van der Waals surface area contributed by atoms with Crippen LogP contribution in [0, 0.1) is 0 Å². The van der Waals surface area contributed by atoms with Crippen molar-refractivity contribution in [1.29, 1.82) is 0 Å². The molecule has 5 heteroatoms. The molecule has 2 aromatic rings. The van der Waals surface area contributed by atoms with Crippen LogP contribution in [0.3, 0.4) is 0 Å². The minimum absolute atomic E-state index is 0.218. The fraction of sp³-hybridized carbons (Fsp3) is 0.312. The molecule has 1 amide bonds. The molecular weight excluding hydrogens is 268 g/mol. The number of furan rings is 1. The Balaban J connectivity index is 1.87. The molecule has 0 bridgehead atoms. The molecule has 2 N–H and O–H groups in total. The van der Waals surface area contributed by atoms with E-state index in [0.717, 1.165) is 24.4 Å². The average Bonchev–Trinajstić information content (AvgIpc) is 2.99. The van der Waals surface area contributed by atoms with Gasteiger partial charge in [0.05, 0.1) is 6.26 Å². The Bertz CT molecular complexity index is 552. The van der Waals surface area contributed by atoms with Gasteiger partial charge in [-0.1, -0.05) is 25.1 Å². The fourth-order valence-corrected chi connectivity index (χ4v) is 1.85. The van der Waals surface area contributed by atoms with Crippen LogP contribution in [0.4, 0.5) is 0 Å². The van der Waals surface area contributed by atoms with Crippen molar-refractivity contribution >= 4 is 5.91 Å². The van der Waals surface area contributed by atoms with Gasteiger partial charge in [0.15, 0.2) is 5.76 Å². The second kappa shape index (κ2) is 8.11. The van der Waals surface area contributed by atoms with E-state index in [0.29, 0.717) is 18.9 Å². The van der Waals surface area contributed by atoms with Crippen LogP contribution in [0.2, 0.25) is 0 Å². The predicted molar refractivity (Wildman–Crippen MR) is 80.4 cm³/mol. The third-order valence-corrected chi connectivity index (χ3v) is 2.93. The minimum Gasteiger partial charge on any atom is -0.489 e. The summed E-state index contributed by atoms with van der Waals surface area (Å²) in [6.45, 7) is 4.50. The Morgan fingerprint density at radius 3 is 2.76 bits per heavy atom. The number of likely N-dealkylation sites (N-methyl/N-ethyl adjacent to an activating group) is 1. The van der Waals surface area contributed by atoms with E-state index in [1.165, 1.54) is 6.26 Å². The van der Waals surface area contributed by atoms with Crippen molar-refractivity contribution in [3.63, 3.8) is 0 Å². The molecular formula is C16H20N2O3. The first kappa shape index (κ1) is 15.1. The molecule has 0 unspecified atom stereocenters. The Kier molecular flexibility index (Phi) is 5.84. The molecule has 0 fully saturated rings. The van der Waals surface area contributed by atoms with Gasteiger partial charge in [-0.25, -0.2) is 0 Å². The number of benzene rings is 1. The van der Waals surface area contributed by atoms with E-state index in [1.807, 2.05) is 37.3 Å². The highest BCUT2D eigenvalue weighted by Gasteiger charge is 2.15. The SMILES string of the molecule is CCNCCNC(=O)c1occc1COc1ccccc1. The third kappa shape index (κ3) is 4.65. The van der Waals surface area contributed by atoms with Gasteiger partial charge in [0.25, 0.3) is 5.91 Å². The number of hydrogen-bond donors (Lipinski definition) is 2. The Hall–Kier alpha value is -2.27. The van der Waals surface area contributed by atoms with Gasteiger partial charge >= 0.3 is 0 Å². The molecule has 0 saturated carbocycles. The maximum atomic E-state index is 12.0. The van der Waals surface area contributed by atoms with Crippen LogP contribution in [0.1, 0.15) is 23.0 Å². The van der Waals surface area contributed by atoms with Gasteiger partial charge in [-0.15, -0.1) is 0 Å². The van der Waals surface area contributed by atoms with E-state index in [2.05, 4.69) is 10.6 Å². The largest absolute Gasteiger partial charge is 0.489 e. The topological polar surface area (TPSA) is 63.5 Å². The van der Waals surface area contributed by atoms with Crippen molar-refractivity contribution in [2.24, 2.45) is 0 Å². The number of hydrogen-bond acceptors (Lipinski definition) is 4. The quantitative estimate of drug-likeness (QED) is 0.731. The van der Waals surface area contributed by atoms with E-state index >= 15 is 0 Å². The molecule has 0 saturated heterocycles. The molecule has 0 aliphatic heterocycles. The van der Waals surface area contributed by atoms with Gasteiger partial charge in [0, 0.05) is 18.7 Å². The number of rotatable bonds is 8. The van der Waals surface area contributed by atoms with Crippen LogP contribution in [0.5, 0.6) is 5.75 Å². The van der Waals surface area contributed by atoms with Crippen LogP contribution < -0.4 is 15.4 Å². The molecule has 1 aromatic carbocycles. The highest BCUT2D eigenvalue weighted by Crippen LogP contribution is 2.15. The third-order valence-electron chi connectivity index (χ3n) is 2.93. The number of para-hydroxylation sites is 1. The first-order valence-corrected chi connectivity index (χ1v) is 7.04. The number of ether oxygens (including phenoxy) is 1. The number of nitrogens with one attached hydrogen (secondary N) is 2. The van der Waals surface area contributed by atoms with E-state index in [4.69, 9.17) is 9.15 Å². The van der Waals surface area contributed by atoms with Crippen molar-refractivity contribution in [2.45, 2.75) is 13.5 Å². The van der Waals surface area contributed by atoms with Crippen molar-refractivity contribution in [3.8, 4) is 5.75 Å².